The zero-order chi connectivity index (χ0) is 9.42. The summed E-state index contributed by atoms with van der Waals surface area (Å²) in [5, 5.41) is 0.640. The Hall–Kier alpha value is -1.51. The number of hydrogen-bond acceptors (Lipinski definition) is 1. The Morgan fingerprint density at radius 1 is 1.38 bits per heavy atom. The van der Waals surface area contributed by atoms with Gasteiger partial charge in [0.15, 0.2) is 0 Å². The Bertz CT molecular complexity index is 447. The smallest absolute Gasteiger partial charge is 0.136 e. The van der Waals surface area contributed by atoms with Gasteiger partial charge in [0.1, 0.15) is 11.6 Å². The van der Waals surface area contributed by atoms with E-state index in [1.807, 2.05) is 6.92 Å². The van der Waals surface area contributed by atoms with Crippen LogP contribution in [0.4, 0.5) is 4.39 Å². The molecule has 0 atom stereocenters. The third-order valence-electron chi connectivity index (χ3n) is 2.14. The number of methoxy groups -OCH3 is 1. The highest BCUT2D eigenvalue weighted by Gasteiger charge is 2.07. The van der Waals surface area contributed by atoms with Gasteiger partial charge in [0, 0.05) is 23.7 Å². The predicted octanol–water partition coefficient (Wildman–Crippen LogP) is 2.62. The highest BCUT2D eigenvalue weighted by Crippen LogP contribution is 2.25. The summed E-state index contributed by atoms with van der Waals surface area (Å²) in [6, 6.07) is 3.18. The second-order valence-electron chi connectivity index (χ2n) is 3.00. The molecule has 0 fully saturated rings. The van der Waals surface area contributed by atoms with Crippen molar-refractivity contribution >= 4 is 10.9 Å². The average molecular weight is 179 g/mol. The van der Waals surface area contributed by atoms with E-state index < -0.39 is 0 Å². The molecule has 0 saturated heterocycles. The van der Waals surface area contributed by atoms with E-state index in [2.05, 4.69) is 4.98 Å². The van der Waals surface area contributed by atoms with Crippen LogP contribution in [0, 0.1) is 12.7 Å². The van der Waals surface area contributed by atoms with Crippen LogP contribution in [-0.2, 0) is 0 Å². The predicted molar refractivity (Wildman–Crippen MR) is 49.5 cm³/mol. The summed E-state index contributed by atoms with van der Waals surface area (Å²) in [5.74, 6) is 0.292. The second kappa shape index (κ2) is 2.76. The maximum Gasteiger partial charge on any atom is 0.136 e. The summed E-state index contributed by atoms with van der Waals surface area (Å²) in [6.45, 7) is 1.87. The summed E-state index contributed by atoms with van der Waals surface area (Å²) >= 11 is 0. The van der Waals surface area contributed by atoms with Crippen molar-refractivity contribution in [2.45, 2.75) is 6.92 Å². The first-order valence-corrected chi connectivity index (χ1v) is 4.03. The van der Waals surface area contributed by atoms with Crippen molar-refractivity contribution in [2.24, 2.45) is 0 Å². The molecule has 0 bridgehead atoms. The third kappa shape index (κ3) is 1.16. The van der Waals surface area contributed by atoms with Crippen LogP contribution in [0.15, 0.2) is 18.3 Å². The summed E-state index contributed by atoms with van der Waals surface area (Å²) in [4.78, 5) is 2.98. The zero-order valence-corrected chi connectivity index (χ0v) is 7.52. The Balaban J connectivity index is 2.79. The fourth-order valence-corrected chi connectivity index (χ4v) is 1.47. The molecule has 0 aliphatic heterocycles. The number of aryl methyl sites for hydroxylation is 1. The molecule has 0 unspecified atom stereocenters. The summed E-state index contributed by atoms with van der Waals surface area (Å²) in [6.07, 6.45) is 1.78. The van der Waals surface area contributed by atoms with Crippen LogP contribution in [0.5, 0.6) is 5.75 Å². The van der Waals surface area contributed by atoms with E-state index in [1.54, 1.807) is 12.3 Å². The number of fused-ring (bicyclic) bond motifs is 1. The second-order valence-corrected chi connectivity index (χ2v) is 3.00. The number of nitrogens with one attached hydrogen (secondary N) is 1. The van der Waals surface area contributed by atoms with Crippen molar-refractivity contribution in [1.82, 2.24) is 4.98 Å². The lowest BCUT2D eigenvalue weighted by molar-refractivity contribution is 0.412. The van der Waals surface area contributed by atoms with Crippen molar-refractivity contribution in [2.75, 3.05) is 7.11 Å². The minimum absolute atomic E-state index is 0.242. The van der Waals surface area contributed by atoms with Crippen molar-refractivity contribution in [3.8, 4) is 5.75 Å². The van der Waals surface area contributed by atoms with Crippen molar-refractivity contribution in [3.05, 3.63) is 29.7 Å². The Morgan fingerprint density at radius 2 is 2.15 bits per heavy atom. The molecule has 0 radical (unpaired) electrons. The Labute approximate surface area is 75.3 Å². The van der Waals surface area contributed by atoms with Gasteiger partial charge in [0.2, 0.25) is 0 Å². The average Bonchev–Trinajstić information content (AvgIpc) is 2.48. The lowest BCUT2D eigenvalue weighted by Gasteiger charge is -2.00. The van der Waals surface area contributed by atoms with Crippen LogP contribution in [-0.4, -0.2) is 12.1 Å². The van der Waals surface area contributed by atoms with Crippen LogP contribution in [0.1, 0.15) is 5.56 Å². The molecule has 3 heteroatoms. The van der Waals surface area contributed by atoms with Gasteiger partial charge in [-0.3, -0.25) is 0 Å². The molecule has 68 valence electrons. The molecule has 0 aliphatic carbocycles. The normalized spacial score (nSPS) is 10.7. The highest BCUT2D eigenvalue weighted by molar-refractivity contribution is 5.84. The minimum atomic E-state index is -0.242. The highest BCUT2D eigenvalue weighted by atomic mass is 19.1. The fraction of sp³-hybridized carbons (Fsp3) is 0.200. The van der Waals surface area contributed by atoms with Gasteiger partial charge in [-0.15, -0.1) is 0 Å². The van der Waals surface area contributed by atoms with Gasteiger partial charge in [0.25, 0.3) is 0 Å². The van der Waals surface area contributed by atoms with E-state index in [1.165, 1.54) is 13.2 Å². The zero-order valence-electron chi connectivity index (χ0n) is 7.52. The van der Waals surface area contributed by atoms with E-state index in [0.29, 0.717) is 11.1 Å². The topological polar surface area (TPSA) is 25.0 Å². The number of aromatic amines is 1. The third-order valence-corrected chi connectivity index (χ3v) is 2.14. The lowest BCUT2D eigenvalue weighted by atomic mass is 10.2. The first-order chi connectivity index (χ1) is 6.22. The van der Waals surface area contributed by atoms with E-state index in [9.17, 15) is 4.39 Å². The molecule has 1 aromatic carbocycles. The molecule has 2 rings (SSSR count). The summed E-state index contributed by atoms with van der Waals surface area (Å²) in [7, 11) is 1.52. The monoisotopic (exact) mass is 179 g/mol. The van der Waals surface area contributed by atoms with Gasteiger partial charge in [-0.05, 0) is 12.5 Å². The SMILES string of the molecule is COc1cc(F)c2c(C)c[nH]c2c1. The van der Waals surface area contributed by atoms with E-state index in [4.69, 9.17) is 4.74 Å². The van der Waals surface area contributed by atoms with Gasteiger partial charge >= 0.3 is 0 Å². The van der Waals surface area contributed by atoms with E-state index >= 15 is 0 Å². The molecule has 0 saturated carbocycles. The van der Waals surface area contributed by atoms with E-state index in [0.717, 1.165) is 11.1 Å². The molecule has 0 spiro atoms. The van der Waals surface area contributed by atoms with Crippen molar-refractivity contribution < 1.29 is 9.13 Å². The number of rotatable bonds is 1. The molecule has 1 aromatic heterocycles. The molecular formula is C10H10FNO. The maximum atomic E-state index is 13.4. The molecule has 2 aromatic rings. The largest absolute Gasteiger partial charge is 0.497 e. The van der Waals surface area contributed by atoms with Crippen LogP contribution in [0.3, 0.4) is 0 Å². The fourth-order valence-electron chi connectivity index (χ4n) is 1.47. The van der Waals surface area contributed by atoms with Crippen LogP contribution < -0.4 is 4.74 Å². The molecule has 13 heavy (non-hydrogen) atoms. The molecule has 1 heterocycles. The number of aromatic nitrogens is 1. The van der Waals surface area contributed by atoms with Gasteiger partial charge in [-0.2, -0.15) is 0 Å². The molecular weight excluding hydrogens is 169 g/mol. The van der Waals surface area contributed by atoms with Gasteiger partial charge in [-0.25, -0.2) is 4.39 Å². The molecule has 0 amide bonds. The van der Waals surface area contributed by atoms with Crippen LogP contribution >= 0.6 is 0 Å². The molecule has 1 N–H and O–H groups in total. The number of hydrogen-bond donors (Lipinski definition) is 1. The van der Waals surface area contributed by atoms with Gasteiger partial charge in [0.05, 0.1) is 12.6 Å². The number of H-pyrrole nitrogens is 1. The van der Waals surface area contributed by atoms with Crippen LogP contribution in [0.2, 0.25) is 0 Å². The van der Waals surface area contributed by atoms with Gasteiger partial charge < -0.3 is 9.72 Å². The van der Waals surface area contributed by atoms with E-state index in [-0.39, 0.29) is 5.82 Å². The lowest BCUT2D eigenvalue weighted by Crippen LogP contribution is -1.85. The molecule has 2 nitrogen and oxygen atoms in total. The number of benzene rings is 1. The first-order valence-electron chi connectivity index (χ1n) is 4.03. The standard InChI is InChI=1S/C10H10FNO/c1-6-5-12-9-4-7(13-2)3-8(11)10(6)9/h3-5,12H,1-2H3. The van der Waals surface area contributed by atoms with Gasteiger partial charge in [-0.1, -0.05) is 0 Å². The quantitative estimate of drug-likeness (QED) is 0.715. The number of ether oxygens (including phenoxy) is 1. The Morgan fingerprint density at radius 3 is 2.85 bits per heavy atom. The molecule has 0 aliphatic rings. The maximum absolute atomic E-state index is 13.4. The summed E-state index contributed by atoms with van der Waals surface area (Å²) < 4.78 is 18.4. The first kappa shape index (κ1) is 8.10. The summed E-state index contributed by atoms with van der Waals surface area (Å²) in [5.41, 5.74) is 1.68. The van der Waals surface area contributed by atoms with Crippen molar-refractivity contribution in [3.63, 3.8) is 0 Å². The Kier molecular flexibility index (Phi) is 1.72. The van der Waals surface area contributed by atoms with Crippen LogP contribution in [0.25, 0.3) is 10.9 Å². The number of halogens is 1. The minimum Gasteiger partial charge on any atom is -0.497 e. The van der Waals surface area contributed by atoms with Crippen molar-refractivity contribution in [1.29, 1.82) is 0 Å².